The summed E-state index contributed by atoms with van der Waals surface area (Å²) in [7, 11) is 1.85. The summed E-state index contributed by atoms with van der Waals surface area (Å²) in [5, 5.41) is 11.9. The van der Waals surface area contributed by atoms with E-state index in [0.717, 1.165) is 16.8 Å². The highest BCUT2D eigenvalue weighted by atomic mass is 16.2. The Balaban J connectivity index is 3.12. The highest BCUT2D eigenvalue weighted by Gasteiger charge is 2.08. The molecule has 0 heterocycles. The van der Waals surface area contributed by atoms with E-state index in [0.29, 0.717) is 18.7 Å². The molecule has 1 rings (SSSR count). The van der Waals surface area contributed by atoms with Gasteiger partial charge in [0.2, 0.25) is 0 Å². The fourth-order valence-electron chi connectivity index (χ4n) is 1.52. The number of aliphatic hydroxyl groups excluding tert-OH is 1. The van der Waals surface area contributed by atoms with Crippen LogP contribution in [-0.2, 0) is 13.0 Å². The molecule has 0 radical (unpaired) electrons. The smallest absolute Gasteiger partial charge is 0.0472 e. The van der Waals surface area contributed by atoms with E-state index in [1.807, 2.05) is 7.05 Å². The standard InChI is InChI=1S/C10H17N3O/c1-13-6-8-7(4-5-14)9(11)2-3-10(8)12/h2-3,13-14H,4-6,11-12H2,1H3. The highest BCUT2D eigenvalue weighted by Crippen LogP contribution is 2.23. The van der Waals surface area contributed by atoms with Gasteiger partial charge < -0.3 is 21.9 Å². The summed E-state index contributed by atoms with van der Waals surface area (Å²) in [6, 6.07) is 3.57. The predicted octanol–water partition coefficient (Wildman–Crippen LogP) is 0.105. The summed E-state index contributed by atoms with van der Waals surface area (Å²) in [6.45, 7) is 0.760. The van der Waals surface area contributed by atoms with Gasteiger partial charge in [0.25, 0.3) is 0 Å². The normalized spacial score (nSPS) is 10.4. The molecule has 0 atom stereocenters. The Kier molecular flexibility index (Phi) is 3.73. The van der Waals surface area contributed by atoms with Gasteiger partial charge in [0, 0.05) is 24.5 Å². The minimum atomic E-state index is 0.0877. The topological polar surface area (TPSA) is 84.3 Å². The third kappa shape index (κ3) is 2.16. The van der Waals surface area contributed by atoms with Crippen LogP contribution in [0.5, 0.6) is 0 Å². The maximum Gasteiger partial charge on any atom is 0.0472 e. The summed E-state index contributed by atoms with van der Waals surface area (Å²) in [4.78, 5) is 0. The number of rotatable bonds is 4. The van der Waals surface area contributed by atoms with Crippen LogP contribution < -0.4 is 16.8 Å². The van der Waals surface area contributed by atoms with Crippen LogP contribution in [0, 0.1) is 0 Å². The molecule has 0 aliphatic rings. The van der Waals surface area contributed by atoms with Gasteiger partial charge in [-0.2, -0.15) is 0 Å². The lowest BCUT2D eigenvalue weighted by Crippen LogP contribution is -2.13. The van der Waals surface area contributed by atoms with Gasteiger partial charge in [0.1, 0.15) is 0 Å². The minimum Gasteiger partial charge on any atom is -0.398 e. The molecule has 14 heavy (non-hydrogen) atoms. The van der Waals surface area contributed by atoms with Crippen LogP contribution in [0.1, 0.15) is 11.1 Å². The number of benzene rings is 1. The zero-order valence-corrected chi connectivity index (χ0v) is 8.38. The highest BCUT2D eigenvalue weighted by molar-refractivity contribution is 5.62. The van der Waals surface area contributed by atoms with Crippen molar-refractivity contribution in [3.63, 3.8) is 0 Å². The largest absolute Gasteiger partial charge is 0.398 e. The number of nitrogens with one attached hydrogen (secondary N) is 1. The first-order valence-corrected chi connectivity index (χ1v) is 4.61. The molecule has 78 valence electrons. The lowest BCUT2D eigenvalue weighted by molar-refractivity contribution is 0.299. The van der Waals surface area contributed by atoms with Crippen molar-refractivity contribution < 1.29 is 5.11 Å². The Hall–Kier alpha value is -1.26. The van der Waals surface area contributed by atoms with Crippen LogP contribution in [-0.4, -0.2) is 18.8 Å². The molecule has 0 aliphatic carbocycles. The summed E-state index contributed by atoms with van der Waals surface area (Å²) in [5.74, 6) is 0. The molecule has 4 nitrogen and oxygen atoms in total. The first-order valence-electron chi connectivity index (χ1n) is 4.61. The number of nitrogens with two attached hydrogens (primary N) is 2. The van der Waals surface area contributed by atoms with Crippen molar-refractivity contribution in [2.45, 2.75) is 13.0 Å². The SMILES string of the molecule is CNCc1c(N)ccc(N)c1CCO. The fourth-order valence-corrected chi connectivity index (χ4v) is 1.52. The van der Waals surface area contributed by atoms with E-state index in [1.165, 1.54) is 0 Å². The van der Waals surface area contributed by atoms with E-state index in [4.69, 9.17) is 16.6 Å². The molecule has 0 fully saturated rings. The molecule has 1 aromatic carbocycles. The Morgan fingerprint density at radius 2 is 1.79 bits per heavy atom. The predicted molar refractivity (Wildman–Crippen MR) is 58.8 cm³/mol. The summed E-state index contributed by atoms with van der Waals surface area (Å²) >= 11 is 0. The van der Waals surface area contributed by atoms with Crippen molar-refractivity contribution in [3.05, 3.63) is 23.3 Å². The van der Waals surface area contributed by atoms with Gasteiger partial charge in [-0.1, -0.05) is 0 Å². The Labute approximate surface area is 83.9 Å². The average Bonchev–Trinajstić information content (AvgIpc) is 2.17. The van der Waals surface area contributed by atoms with Crippen molar-refractivity contribution >= 4 is 11.4 Å². The van der Waals surface area contributed by atoms with E-state index in [9.17, 15) is 0 Å². The van der Waals surface area contributed by atoms with Gasteiger partial charge in [-0.15, -0.1) is 0 Å². The van der Waals surface area contributed by atoms with Gasteiger partial charge in [-0.05, 0) is 36.7 Å². The van der Waals surface area contributed by atoms with E-state index < -0.39 is 0 Å². The molecular weight excluding hydrogens is 178 g/mol. The van der Waals surface area contributed by atoms with E-state index in [1.54, 1.807) is 12.1 Å². The quantitative estimate of drug-likeness (QED) is 0.514. The van der Waals surface area contributed by atoms with Crippen molar-refractivity contribution in [3.8, 4) is 0 Å². The third-order valence-corrected chi connectivity index (χ3v) is 2.22. The Bertz CT molecular complexity index is 281. The lowest BCUT2D eigenvalue weighted by Gasteiger charge is -2.13. The van der Waals surface area contributed by atoms with Crippen LogP contribution in [0.3, 0.4) is 0 Å². The lowest BCUT2D eigenvalue weighted by atomic mass is 10.0. The zero-order chi connectivity index (χ0) is 10.6. The molecule has 0 saturated carbocycles. The van der Waals surface area contributed by atoms with Gasteiger partial charge in [0.15, 0.2) is 0 Å². The number of nitrogen functional groups attached to an aromatic ring is 2. The number of hydrogen-bond acceptors (Lipinski definition) is 4. The van der Waals surface area contributed by atoms with Crippen LogP contribution in [0.2, 0.25) is 0 Å². The van der Waals surface area contributed by atoms with Crippen LogP contribution in [0.25, 0.3) is 0 Å². The molecule has 4 heteroatoms. The molecule has 0 aromatic heterocycles. The summed E-state index contributed by atoms with van der Waals surface area (Å²) in [6.07, 6.45) is 0.549. The first kappa shape index (κ1) is 10.8. The molecule has 0 spiro atoms. The Morgan fingerprint density at radius 3 is 2.29 bits per heavy atom. The van der Waals surface area contributed by atoms with Crippen molar-refractivity contribution in [2.24, 2.45) is 0 Å². The molecule has 0 unspecified atom stereocenters. The summed E-state index contributed by atoms with van der Waals surface area (Å²) in [5.41, 5.74) is 15.0. The van der Waals surface area contributed by atoms with Crippen molar-refractivity contribution in [1.29, 1.82) is 0 Å². The second-order valence-electron chi connectivity index (χ2n) is 3.21. The zero-order valence-electron chi connectivity index (χ0n) is 8.38. The molecule has 0 bridgehead atoms. The molecule has 0 saturated heterocycles. The molecule has 0 amide bonds. The van der Waals surface area contributed by atoms with E-state index in [-0.39, 0.29) is 6.61 Å². The van der Waals surface area contributed by atoms with E-state index >= 15 is 0 Å². The van der Waals surface area contributed by atoms with Gasteiger partial charge >= 0.3 is 0 Å². The fraction of sp³-hybridized carbons (Fsp3) is 0.400. The van der Waals surface area contributed by atoms with Gasteiger partial charge in [0.05, 0.1) is 0 Å². The van der Waals surface area contributed by atoms with Crippen LogP contribution >= 0.6 is 0 Å². The van der Waals surface area contributed by atoms with Gasteiger partial charge in [-0.3, -0.25) is 0 Å². The van der Waals surface area contributed by atoms with E-state index in [2.05, 4.69) is 5.32 Å². The average molecular weight is 195 g/mol. The Morgan fingerprint density at radius 1 is 1.21 bits per heavy atom. The maximum atomic E-state index is 8.91. The number of hydrogen-bond donors (Lipinski definition) is 4. The molecular formula is C10H17N3O. The summed E-state index contributed by atoms with van der Waals surface area (Å²) < 4.78 is 0. The van der Waals surface area contributed by atoms with Crippen molar-refractivity contribution in [2.75, 3.05) is 25.1 Å². The maximum absolute atomic E-state index is 8.91. The number of aliphatic hydroxyl groups is 1. The molecule has 0 aliphatic heterocycles. The van der Waals surface area contributed by atoms with Crippen LogP contribution in [0.4, 0.5) is 11.4 Å². The minimum absolute atomic E-state index is 0.0877. The molecule has 1 aromatic rings. The number of anilines is 2. The van der Waals surface area contributed by atoms with Crippen LogP contribution in [0.15, 0.2) is 12.1 Å². The third-order valence-electron chi connectivity index (χ3n) is 2.22. The second-order valence-corrected chi connectivity index (χ2v) is 3.21. The van der Waals surface area contributed by atoms with Gasteiger partial charge in [-0.25, -0.2) is 0 Å². The monoisotopic (exact) mass is 195 g/mol. The van der Waals surface area contributed by atoms with Crippen molar-refractivity contribution in [1.82, 2.24) is 5.32 Å². The second kappa shape index (κ2) is 4.83. The first-order chi connectivity index (χ1) is 6.70. The molecule has 6 N–H and O–H groups in total.